The number of benzene rings is 2. The summed E-state index contributed by atoms with van der Waals surface area (Å²) in [5.74, 6) is -0.373. The Morgan fingerprint density at radius 1 is 1.00 bits per heavy atom. The molecular formula is C21H22ClF3N2O5. The molecule has 2 aromatic rings. The molecule has 7 nitrogen and oxygen atoms in total. The number of methoxy groups -OCH3 is 3. The van der Waals surface area contributed by atoms with Gasteiger partial charge in [-0.2, -0.15) is 13.2 Å². The predicted molar refractivity (Wildman–Crippen MR) is 112 cm³/mol. The normalized spacial score (nSPS) is 11.2. The Balaban J connectivity index is 2.23. The van der Waals surface area contributed by atoms with Crippen LogP contribution < -0.4 is 14.8 Å². The predicted octanol–water partition coefficient (Wildman–Crippen LogP) is 3.99. The van der Waals surface area contributed by atoms with Crippen LogP contribution in [0.15, 0.2) is 36.4 Å². The quantitative estimate of drug-likeness (QED) is 0.554. The topological polar surface area (TPSA) is 77.1 Å². The molecule has 0 aromatic heterocycles. The molecule has 0 saturated heterocycles. The van der Waals surface area contributed by atoms with Crippen molar-refractivity contribution in [3.05, 3.63) is 52.5 Å². The van der Waals surface area contributed by atoms with Crippen LogP contribution in [0.3, 0.4) is 0 Å². The van der Waals surface area contributed by atoms with Crippen molar-refractivity contribution < 1.29 is 37.0 Å². The van der Waals surface area contributed by atoms with E-state index < -0.39 is 29.3 Å². The molecule has 1 amide bonds. The number of amides is 1. The molecule has 11 heteroatoms. The summed E-state index contributed by atoms with van der Waals surface area (Å²) >= 11 is 5.66. The van der Waals surface area contributed by atoms with Crippen LogP contribution >= 0.6 is 11.6 Å². The van der Waals surface area contributed by atoms with E-state index in [2.05, 4.69) is 10.1 Å². The minimum Gasteiger partial charge on any atom is -0.497 e. The second-order valence-corrected chi connectivity index (χ2v) is 7.11. The molecule has 2 aromatic carbocycles. The number of rotatable bonds is 9. The van der Waals surface area contributed by atoms with Gasteiger partial charge in [0.05, 0.1) is 45.7 Å². The maximum atomic E-state index is 13.3. The van der Waals surface area contributed by atoms with E-state index in [1.165, 1.54) is 32.3 Å². The van der Waals surface area contributed by atoms with Crippen molar-refractivity contribution >= 4 is 29.2 Å². The number of esters is 1. The lowest BCUT2D eigenvalue weighted by atomic mass is 10.1. The highest BCUT2D eigenvalue weighted by molar-refractivity contribution is 6.30. The minimum atomic E-state index is -4.71. The number of carbonyl (C=O) groups is 2. The number of nitrogens with zero attached hydrogens (tertiary/aromatic N) is 1. The Kier molecular flexibility index (Phi) is 8.73. The number of halogens is 4. The van der Waals surface area contributed by atoms with Gasteiger partial charge in [0.1, 0.15) is 11.5 Å². The summed E-state index contributed by atoms with van der Waals surface area (Å²) in [6.45, 7) is -0.548. The standard InChI is InChI=1S/C21H22ClF3N2O5/c1-30-15-6-13(7-16(9-15)31-2)10-27(12-20(29)32-3)11-19(28)26-18-5-4-14(22)8-17(18)21(23,24)25/h4-9H,10-12H2,1-3H3,(H,26,28). The zero-order valence-electron chi connectivity index (χ0n) is 17.6. The van der Waals surface area contributed by atoms with Crippen molar-refractivity contribution in [2.24, 2.45) is 0 Å². The number of ether oxygens (including phenoxy) is 3. The van der Waals surface area contributed by atoms with Crippen molar-refractivity contribution in [2.75, 3.05) is 39.7 Å². The first-order valence-electron chi connectivity index (χ1n) is 9.23. The maximum Gasteiger partial charge on any atom is 0.418 e. The van der Waals surface area contributed by atoms with E-state index >= 15 is 0 Å². The molecule has 2 rings (SSSR count). The first-order chi connectivity index (χ1) is 15.0. The second kappa shape index (κ2) is 11.1. The number of nitrogens with one attached hydrogen (secondary N) is 1. The third kappa shape index (κ3) is 7.31. The molecule has 0 radical (unpaired) electrons. The Morgan fingerprint density at radius 2 is 1.62 bits per heavy atom. The van der Waals surface area contributed by atoms with Crippen molar-refractivity contribution in [1.82, 2.24) is 4.90 Å². The zero-order valence-corrected chi connectivity index (χ0v) is 18.3. The van der Waals surface area contributed by atoms with Crippen molar-refractivity contribution in [2.45, 2.75) is 12.7 Å². The molecule has 0 bridgehead atoms. The van der Waals surface area contributed by atoms with Gasteiger partial charge in [-0.05, 0) is 35.9 Å². The molecule has 0 aliphatic carbocycles. The monoisotopic (exact) mass is 474 g/mol. The molecule has 0 unspecified atom stereocenters. The summed E-state index contributed by atoms with van der Waals surface area (Å²) in [7, 11) is 4.14. The largest absolute Gasteiger partial charge is 0.497 e. The highest BCUT2D eigenvalue weighted by atomic mass is 35.5. The highest BCUT2D eigenvalue weighted by Gasteiger charge is 2.34. The van der Waals surface area contributed by atoms with E-state index in [4.69, 9.17) is 21.1 Å². The minimum absolute atomic E-state index is 0.100. The summed E-state index contributed by atoms with van der Waals surface area (Å²) in [6, 6.07) is 8.06. The number of carbonyl (C=O) groups excluding carboxylic acids is 2. The van der Waals surface area contributed by atoms with Crippen LogP contribution in [0.1, 0.15) is 11.1 Å². The zero-order chi connectivity index (χ0) is 23.9. The lowest BCUT2D eigenvalue weighted by Crippen LogP contribution is -2.37. The van der Waals surface area contributed by atoms with Gasteiger partial charge in [-0.1, -0.05) is 11.6 Å². The van der Waals surface area contributed by atoms with Gasteiger partial charge >= 0.3 is 12.1 Å². The fraction of sp³-hybridized carbons (Fsp3) is 0.333. The van der Waals surface area contributed by atoms with Gasteiger partial charge in [-0.15, -0.1) is 0 Å². The van der Waals surface area contributed by atoms with Gasteiger partial charge in [-0.25, -0.2) is 0 Å². The molecule has 0 atom stereocenters. The van der Waals surface area contributed by atoms with Crippen molar-refractivity contribution in [1.29, 1.82) is 0 Å². The van der Waals surface area contributed by atoms with Gasteiger partial charge < -0.3 is 19.5 Å². The maximum absolute atomic E-state index is 13.3. The Bertz CT molecular complexity index is 947. The molecule has 0 saturated carbocycles. The third-order valence-electron chi connectivity index (χ3n) is 4.33. The van der Waals surface area contributed by atoms with Gasteiger partial charge in [0.25, 0.3) is 0 Å². The second-order valence-electron chi connectivity index (χ2n) is 6.68. The molecule has 0 heterocycles. The molecule has 1 N–H and O–H groups in total. The van der Waals surface area contributed by atoms with Crippen LogP contribution in [0.25, 0.3) is 0 Å². The van der Waals surface area contributed by atoms with Crippen LogP contribution in [0, 0.1) is 0 Å². The van der Waals surface area contributed by atoms with E-state index in [1.807, 2.05) is 0 Å². The van der Waals surface area contributed by atoms with Crippen LogP contribution in [-0.4, -0.2) is 51.2 Å². The van der Waals surface area contributed by atoms with Crippen LogP contribution in [0.2, 0.25) is 5.02 Å². The Hall–Kier alpha value is -2.98. The number of anilines is 1. The smallest absolute Gasteiger partial charge is 0.418 e. The molecule has 0 spiro atoms. The van der Waals surface area contributed by atoms with E-state index in [9.17, 15) is 22.8 Å². The first-order valence-corrected chi connectivity index (χ1v) is 9.61. The van der Waals surface area contributed by atoms with Gasteiger partial charge in [0.2, 0.25) is 5.91 Å². The van der Waals surface area contributed by atoms with E-state index in [-0.39, 0.29) is 24.7 Å². The molecule has 0 fully saturated rings. The van der Waals surface area contributed by atoms with Crippen molar-refractivity contribution in [3.63, 3.8) is 0 Å². The summed E-state index contributed by atoms with van der Waals surface area (Å²) in [4.78, 5) is 25.8. The summed E-state index contributed by atoms with van der Waals surface area (Å²) < 4.78 is 54.9. The number of alkyl halides is 3. The van der Waals surface area contributed by atoms with Gasteiger partial charge in [0, 0.05) is 17.6 Å². The van der Waals surface area contributed by atoms with Crippen LogP contribution in [-0.2, 0) is 27.0 Å². The lowest BCUT2D eigenvalue weighted by Gasteiger charge is -2.22. The highest BCUT2D eigenvalue weighted by Crippen LogP contribution is 2.36. The number of hydrogen-bond acceptors (Lipinski definition) is 6. The van der Waals surface area contributed by atoms with Crippen LogP contribution in [0.4, 0.5) is 18.9 Å². The fourth-order valence-corrected chi connectivity index (χ4v) is 3.06. The molecule has 0 aliphatic heterocycles. The van der Waals surface area contributed by atoms with E-state index in [0.717, 1.165) is 12.1 Å². The SMILES string of the molecule is COC(=O)CN(CC(=O)Nc1ccc(Cl)cc1C(F)(F)F)Cc1cc(OC)cc(OC)c1. The average molecular weight is 475 g/mol. The average Bonchev–Trinajstić information content (AvgIpc) is 2.73. The summed E-state index contributed by atoms with van der Waals surface area (Å²) in [5.41, 5.74) is -0.858. The lowest BCUT2D eigenvalue weighted by molar-refractivity contribution is -0.142. The Morgan fingerprint density at radius 3 is 2.16 bits per heavy atom. The van der Waals surface area contributed by atoms with Crippen molar-refractivity contribution in [3.8, 4) is 11.5 Å². The molecular weight excluding hydrogens is 453 g/mol. The summed E-state index contributed by atoms with van der Waals surface area (Å²) in [5, 5.41) is 2.12. The molecule has 32 heavy (non-hydrogen) atoms. The first kappa shape index (κ1) is 25.3. The third-order valence-corrected chi connectivity index (χ3v) is 4.56. The van der Waals surface area contributed by atoms with Gasteiger partial charge in [0.15, 0.2) is 0 Å². The summed E-state index contributed by atoms with van der Waals surface area (Å²) in [6.07, 6.45) is -4.71. The van der Waals surface area contributed by atoms with E-state index in [1.54, 1.807) is 18.2 Å². The Labute approximate surface area is 188 Å². The fourth-order valence-electron chi connectivity index (χ4n) is 2.88. The van der Waals surface area contributed by atoms with E-state index in [0.29, 0.717) is 17.1 Å². The molecule has 174 valence electrons. The number of hydrogen-bond donors (Lipinski definition) is 1. The molecule has 0 aliphatic rings. The van der Waals surface area contributed by atoms with Gasteiger partial charge in [-0.3, -0.25) is 14.5 Å². The van der Waals surface area contributed by atoms with Crippen LogP contribution in [0.5, 0.6) is 11.5 Å².